The highest BCUT2D eigenvalue weighted by Gasteiger charge is 2.41. The molecule has 6 nitrogen and oxygen atoms in total. The summed E-state index contributed by atoms with van der Waals surface area (Å²) in [6.07, 6.45) is 6.02. The number of aromatic nitrogens is 2. The normalized spacial score (nSPS) is 18.9. The molecule has 2 rings (SSSR count). The molecule has 1 saturated carbocycles. The summed E-state index contributed by atoms with van der Waals surface area (Å²) in [6.45, 7) is 0. The Balaban J connectivity index is 2.29. The van der Waals surface area contributed by atoms with E-state index in [0.29, 0.717) is 12.8 Å². The molecule has 0 saturated heterocycles. The van der Waals surface area contributed by atoms with Crippen molar-refractivity contribution in [2.75, 3.05) is 0 Å². The van der Waals surface area contributed by atoms with E-state index in [9.17, 15) is 8.42 Å². The monoisotopic (exact) mass is 288 g/mol. The number of nitrogens with zero attached hydrogens (tertiary/aromatic N) is 2. The maximum Gasteiger partial charge on any atom is 0.260 e. The summed E-state index contributed by atoms with van der Waals surface area (Å²) < 4.78 is 28.6. The number of nitrogens with one attached hydrogen (secondary N) is 1. The summed E-state index contributed by atoms with van der Waals surface area (Å²) >= 11 is 5.02. The fourth-order valence-corrected chi connectivity index (χ4v) is 3.96. The van der Waals surface area contributed by atoms with Crippen LogP contribution in [0.25, 0.3) is 0 Å². The van der Waals surface area contributed by atoms with Crippen LogP contribution in [-0.2, 0) is 17.1 Å². The Morgan fingerprint density at radius 2 is 2.17 bits per heavy atom. The number of thiocarbonyl (C=S) groups is 1. The fraction of sp³-hybridized carbons (Fsp3) is 0.600. The van der Waals surface area contributed by atoms with Gasteiger partial charge in [0.05, 0.1) is 16.9 Å². The van der Waals surface area contributed by atoms with Crippen LogP contribution in [0.2, 0.25) is 0 Å². The fourth-order valence-electron chi connectivity index (χ4n) is 2.21. The number of rotatable bonds is 4. The van der Waals surface area contributed by atoms with Crippen molar-refractivity contribution >= 4 is 27.2 Å². The first-order valence-corrected chi connectivity index (χ1v) is 7.57. The van der Waals surface area contributed by atoms with Crippen molar-refractivity contribution in [2.45, 2.75) is 36.2 Å². The van der Waals surface area contributed by atoms with E-state index in [4.69, 9.17) is 18.0 Å². The first-order chi connectivity index (χ1) is 8.36. The lowest BCUT2D eigenvalue weighted by Gasteiger charge is -2.28. The molecule has 1 aliphatic rings. The molecule has 0 aliphatic heterocycles. The van der Waals surface area contributed by atoms with E-state index in [1.807, 2.05) is 0 Å². The Bertz CT molecular complexity index is 558. The molecule has 0 unspecified atom stereocenters. The Labute approximate surface area is 112 Å². The summed E-state index contributed by atoms with van der Waals surface area (Å²) in [5, 5.41) is -0.00692. The third-order valence-electron chi connectivity index (χ3n) is 3.22. The van der Waals surface area contributed by atoms with Crippen LogP contribution in [0.3, 0.4) is 0 Å². The van der Waals surface area contributed by atoms with Gasteiger partial charge >= 0.3 is 0 Å². The van der Waals surface area contributed by atoms with Gasteiger partial charge in [-0.15, -0.1) is 0 Å². The highest BCUT2D eigenvalue weighted by atomic mass is 32.2. The van der Waals surface area contributed by atoms with Gasteiger partial charge in [0.15, 0.2) is 5.03 Å². The van der Waals surface area contributed by atoms with E-state index in [1.54, 1.807) is 11.6 Å². The molecule has 8 heteroatoms. The van der Waals surface area contributed by atoms with E-state index in [1.165, 1.54) is 12.5 Å². The third-order valence-corrected chi connectivity index (χ3v) is 5.03. The van der Waals surface area contributed by atoms with Gasteiger partial charge in [0.2, 0.25) is 0 Å². The summed E-state index contributed by atoms with van der Waals surface area (Å²) in [5.74, 6) is 0. The zero-order chi connectivity index (χ0) is 13.4. The zero-order valence-electron chi connectivity index (χ0n) is 10.1. The van der Waals surface area contributed by atoms with Crippen LogP contribution in [0.4, 0.5) is 0 Å². The Kier molecular flexibility index (Phi) is 3.43. The van der Waals surface area contributed by atoms with Gasteiger partial charge < -0.3 is 10.3 Å². The molecule has 0 aromatic carbocycles. The van der Waals surface area contributed by atoms with Crippen LogP contribution in [0.1, 0.15) is 25.7 Å². The molecule has 1 aromatic rings. The Morgan fingerprint density at radius 1 is 1.56 bits per heavy atom. The molecule has 0 radical (unpaired) electrons. The van der Waals surface area contributed by atoms with Crippen LogP contribution < -0.4 is 10.5 Å². The number of aryl methyl sites for hydroxylation is 1. The van der Waals surface area contributed by atoms with E-state index in [0.717, 1.165) is 12.8 Å². The second-order valence-corrected chi connectivity index (χ2v) is 6.71. The van der Waals surface area contributed by atoms with Crippen molar-refractivity contribution in [3.63, 3.8) is 0 Å². The summed E-state index contributed by atoms with van der Waals surface area (Å²) in [7, 11) is -1.96. The molecule has 100 valence electrons. The van der Waals surface area contributed by atoms with E-state index < -0.39 is 15.6 Å². The molecule has 0 atom stereocenters. The molecule has 1 fully saturated rings. The van der Waals surface area contributed by atoms with Gasteiger partial charge in [0, 0.05) is 13.2 Å². The van der Waals surface area contributed by atoms with Gasteiger partial charge in [-0.3, -0.25) is 0 Å². The van der Waals surface area contributed by atoms with E-state index in [-0.39, 0.29) is 10.0 Å². The number of sulfonamides is 1. The average Bonchev–Trinajstić information content (AvgIpc) is 2.87. The van der Waals surface area contributed by atoms with Gasteiger partial charge in [-0.1, -0.05) is 25.1 Å². The molecule has 1 aromatic heterocycles. The summed E-state index contributed by atoms with van der Waals surface area (Å²) in [4.78, 5) is 4.06. The van der Waals surface area contributed by atoms with Crippen LogP contribution >= 0.6 is 12.2 Å². The predicted octanol–water partition coefficient (Wildman–Crippen LogP) is 0.297. The molecule has 3 N–H and O–H groups in total. The standard InChI is InChI=1S/C10H16N4O2S2/c1-14-6-8(12-7-14)18(15,16)13-10(9(11)17)4-2-3-5-10/h6-7,13H,2-5H2,1H3,(H2,11,17). The molecule has 0 amide bonds. The number of imidazole rings is 1. The molecule has 1 aliphatic carbocycles. The van der Waals surface area contributed by atoms with Crippen molar-refractivity contribution in [2.24, 2.45) is 12.8 Å². The number of hydrogen-bond donors (Lipinski definition) is 2. The van der Waals surface area contributed by atoms with Crippen molar-refractivity contribution < 1.29 is 8.42 Å². The van der Waals surface area contributed by atoms with Gasteiger partial charge in [0.1, 0.15) is 0 Å². The van der Waals surface area contributed by atoms with Crippen LogP contribution in [-0.4, -0.2) is 28.5 Å². The first kappa shape index (κ1) is 13.4. The van der Waals surface area contributed by atoms with Crippen LogP contribution in [0, 0.1) is 0 Å². The highest BCUT2D eigenvalue weighted by Crippen LogP contribution is 2.31. The lowest BCUT2D eigenvalue weighted by molar-refractivity contribution is 0.501. The largest absolute Gasteiger partial charge is 0.392 e. The Hall–Kier alpha value is -0.990. The lowest BCUT2D eigenvalue weighted by atomic mass is 10.00. The van der Waals surface area contributed by atoms with Crippen molar-refractivity contribution in [1.29, 1.82) is 0 Å². The average molecular weight is 288 g/mol. The minimum atomic E-state index is -3.68. The molecule has 18 heavy (non-hydrogen) atoms. The summed E-state index contributed by atoms with van der Waals surface area (Å²) in [5.41, 5.74) is 4.92. The van der Waals surface area contributed by atoms with Gasteiger partial charge in [-0.2, -0.15) is 4.72 Å². The van der Waals surface area contributed by atoms with Gasteiger partial charge in [0.25, 0.3) is 10.0 Å². The van der Waals surface area contributed by atoms with Crippen molar-refractivity contribution in [3.8, 4) is 0 Å². The minimum absolute atomic E-state index is 0.00692. The van der Waals surface area contributed by atoms with Crippen molar-refractivity contribution in [1.82, 2.24) is 14.3 Å². The topological polar surface area (TPSA) is 90.0 Å². The van der Waals surface area contributed by atoms with Gasteiger partial charge in [-0.05, 0) is 12.8 Å². The van der Waals surface area contributed by atoms with Crippen LogP contribution in [0.15, 0.2) is 17.6 Å². The Morgan fingerprint density at radius 3 is 2.61 bits per heavy atom. The molecule has 0 spiro atoms. The molecule has 0 bridgehead atoms. The quantitative estimate of drug-likeness (QED) is 0.778. The van der Waals surface area contributed by atoms with Crippen LogP contribution in [0.5, 0.6) is 0 Å². The summed E-state index contributed by atoms with van der Waals surface area (Å²) in [6, 6.07) is 0. The second kappa shape index (κ2) is 4.60. The lowest BCUT2D eigenvalue weighted by Crippen LogP contribution is -2.54. The zero-order valence-corrected chi connectivity index (χ0v) is 11.7. The molecular formula is C10H16N4O2S2. The minimum Gasteiger partial charge on any atom is -0.392 e. The SMILES string of the molecule is Cn1cnc(S(=O)(=O)NC2(C(N)=S)CCCC2)c1. The molecular weight excluding hydrogens is 272 g/mol. The third kappa shape index (κ3) is 2.40. The van der Waals surface area contributed by atoms with E-state index >= 15 is 0 Å². The van der Waals surface area contributed by atoms with Crippen molar-refractivity contribution in [3.05, 3.63) is 12.5 Å². The first-order valence-electron chi connectivity index (χ1n) is 5.68. The van der Waals surface area contributed by atoms with E-state index in [2.05, 4.69) is 9.71 Å². The molecule has 1 heterocycles. The smallest absolute Gasteiger partial charge is 0.260 e. The predicted molar refractivity (Wildman–Crippen MR) is 71.5 cm³/mol. The number of hydrogen-bond acceptors (Lipinski definition) is 4. The highest BCUT2D eigenvalue weighted by molar-refractivity contribution is 7.89. The van der Waals surface area contributed by atoms with Gasteiger partial charge in [-0.25, -0.2) is 13.4 Å². The second-order valence-electron chi connectivity index (χ2n) is 4.64. The number of nitrogens with two attached hydrogens (primary N) is 1. The maximum atomic E-state index is 12.2. The maximum absolute atomic E-state index is 12.2.